The maximum absolute atomic E-state index is 11.6. The number of hydrogen-bond donors (Lipinski definition) is 2. The highest BCUT2D eigenvalue weighted by Gasteiger charge is 2.38. The van der Waals surface area contributed by atoms with Crippen LogP contribution in [-0.2, 0) is 14.3 Å². The van der Waals surface area contributed by atoms with E-state index in [1.165, 1.54) is 13.2 Å². The molecule has 0 bridgehead atoms. The molecule has 0 unspecified atom stereocenters. The Labute approximate surface area is 119 Å². The van der Waals surface area contributed by atoms with Gasteiger partial charge in [0.2, 0.25) is 5.91 Å². The van der Waals surface area contributed by atoms with Gasteiger partial charge in [-0.15, -0.1) is 0 Å². The Kier molecular flexibility index (Phi) is 3.83. The molecule has 2 atom stereocenters. The third-order valence-corrected chi connectivity index (χ3v) is 3.43. The standard InChI is InChI=1S/C12H10Cl2N2O3/c1-19-12-6(4-17)9(11(15)18)10-7(14)2-5(13)3-8(10)16-12/h2-3,9,12,16H,1H3,(H2,15,18)/t9-,12-/m0/s1. The van der Waals surface area contributed by atoms with Gasteiger partial charge in [-0.05, 0) is 12.1 Å². The smallest absolute Gasteiger partial charge is 0.230 e. The summed E-state index contributed by atoms with van der Waals surface area (Å²) in [6.45, 7) is 0. The molecule has 0 radical (unpaired) electrons. The fourth-order valence-electron chi connectivity index (χ4n) is 2.12. The number of methoxy groups -OCH3 is 1. The van der Waals surface area contributed by atoms with Crippen molar-refractivity contribution in [2.45, 2.75) is 12.1 Å². The molecule has 0 fully saturated rings. The molecule has 0 saturated heterocycles. The highest BCUT2D eigenvalue weighted by atomic mass is 35.5. The number of ether oxygens (including phenoxy) is 1. The van der Waals surface area contributed by atoms with E-state index < -0.39 is 18.1 Å². The van der Waals surface area contributed by atoms with Gasteiger partial charge in [-0.2, -0.15) is 0 Å². The summed E-state index contributed by atoms with van der Waals surface area (Å²) in [6, 6.07) is 3.07. The monoisotopic (exact) mass is 300 g/mol. The number of hydrogen-bond acceptors (Lipinski definition) is 4. The first-order valence-corrected chi connectivity index (χ1v) is 6.07. The van der Waals surface area contributed by atoms with Gasteiger partial charge in [0.1, 0.15) is 11.9 Å². The van der Waals surface area contributed by atoms with Crippen molar-refractivity contribution in [2.24, 2.45) is 5.73 Å². The molecule has 0 aliphatic carbocycles. The predicted octanol–water partition coefficient (Wildman–Crippen LogP) is 1.72. The molecule has 0 aromatic heterocycles. The van der Waals surface area contributed by atoms with Gasteiger partial charge in [-0.25, -0.2) is 4.79 Å². The van der Waals surface area contributed by atoms with E-state index in [9.17, 15) is 9.59 Å². The van der Waals surface area contributed by atoms with Crippen LogP contribution in [0.5, 0.6) is 0 Å². The summed E-state index contributed by atoms with van der Waals surface area (Å²) in [5, 5.41) is 3.56. The van der Waals surface area contributed by atoms with E-state index in [0.29, 0.717) is 16.3 Å². The molecule has 1 amide bonds. The molecule has 1 heterocycles. The van der Waals surface area contributed by atoms with Crippen LogP contribution in [0.1, 0.15) is 11.5 Å². The minimum atomic E-state index is -0.983. The minimum absolute atomic E-state index is 0.0618. The van der Waals surface area contributed by atoms with Crippen LogP contribution >= 0.6 is 23.2 Å². The molecule has 0 saturated carbocycles. The lowest BCUT2D eigenvalue weighted by Gasteiger charge is -2.32. The minimum Gasteiger partial charge on any atom is -0.369 e. The zero-order valence-electron chi connectivity index (χ0n) is 9.87. The van der Waals surface area contributed by atoms with Gasteiger partial charge in [-0.3, -0.25) is 4.79 Å². The van der Waals surface area contributed by atoms with Gasteiger partial charge < -0.3 is 15.8 Å². The van der Waals surface area contributed by atoms with Crippen LogP contribution in [0.15, 0.2) is 17.7 Å². The van der Waals surface area contributed by atoms with Gasteiger partial charge in [0.05, 0.1) is 5.57 Å². The largest absolute Gasteiger partial charge is 0.369 e. The van der Waals surface area contributed by atoms with E-state index in [4.69, 9.17) is 33.7 Å². The SMILES string of the molecule is CO[C@@H]1Nc2cc(Cl)cc(Cl)c2[C@@H](C(N)=O)C1=C=O. The second-order valence-electron chi connectivity index (χ2n) is 4.00. The molecule has 7 heteroatoms. The number of halogens is 2. The third kappa shape index (κ3) is 2.33. The van der Waals surface area contributed by atoms with Crippen LogP contribution in [0.3, 0.4) is 0 Å². The highest BCUT2D eigenvalue weighted by Crippen LogP contribution is 2.42. The van der Waals surface area contributed by atoms with Crippen molar-refractivity contribution in [3.8, 4) is 0 Å². The fourth-order valence-corrected chi connectivity index (χ4v) is 2.72. The topological polar surface area (TPSA) is 81.4 Å². The number of amides is 1. The van der Waals surface area contributed by atoms with Gasteiger partial charge >= 0.3 is 0 Å². The summed E-state index contributed by atoms with van der Waals surface area (Å²) >= 11 is 12.0. The molecule has 19 heavy (non-hydrogen) atoms. The van der Waals surface area contributed by atoms with Crippen LogP contribution in [0, 0.1) is 0 Å². The number of carbonyl (C=O) groups excluding carboxylic acids is 2. The van der Waals surface area contributed by atoms with E-state index >= 15 is 0 Å². The first-order chi connectivity index (χ1) is 8.99. The zero-order chi connectivity index (χ0) is 14.2. The second-order valence-corrected chi connectivity index (χ2v) is 4.85. The normalized spacial score (nSPS) is 21.3. The first kappa shape index (κ1) is 13.9. The Morgan fingerprint density at radius 1 is 1.47 bits per heavy atom. The molecule has 1 aliphatic heterocycles. The fraction of sp³-hybridized carbons (Fsp3) is 0.250. The average Bonchev–Trinajstić information content (AvgIpc) is 2.35. The lowest BCUT2D eigenvalue weighted by atomic mass is 9.85. The van der Waals surface area contributed by atoms with E-state index in [-0.39, 0.29) is 10.6 Å². The number of anilines is 1. The number of nitrogens with one attached hydrogen (secondary N) is 1. The molecule has 1 aliphatic rings. The van der Waals surface area contributed by atoms with Gasteiger partial charge in [-0.1, -0.05) is 23.2 Å². The number of carbonyl (C=O) groups is 1. The van der Waals surface area contributed by atoms with E-state index in [1.54, 1.807) is 12.0 Å². The lowest BCUT2D eigenvalue weighted by molar-refractivity contribution is -0.119. The van der Waals surface area contributed by atoms with E-state index in [1.807, 2.05) is 0 Å². The lowest BCUT2D eigenvalue weighted by Crippen LogP contribution is -2.38. The summed E-state index contributed by atoms with van der Waals surface area (Å²) in [7, 11) is 1.39. The zero-order valence-corrected chi connectivity index (χ0v) is 11.4. The summed E-state index contributed by atoms with van der Waals surface area (Å²) < 4.78 is 5.11. The summed E-state index contributed by atoms with van der Waals surface area (Å²) in [5.41, 5.74) is 6.33. The van der Waals surface area contributed by atoms with Crippen molar-refractivity contribution in [3.63, 3.8) is 0 Å². The molecule has 5 nitrogen and oxygen atoms in total. The van der Waals surface area contributed by atoms with Crippen molar-refractivity contribution in [1.82, 2.24) is 0 Å². The van der Waals surface area contributed by atoms with Crippen LogP contribution in [-0.4, -0.2) is 25.2 Å². The molecule has 2 rings (SSSR count). The first-order valence-electron chi connectivity index (χ1n) is 5.32. The predicted molar refractivity (Wildman–Crippen MR) is 72.0 cm³/mol. The molecule has 0 spiro atoms. The highest BCUT2D eigenvalue weighted by molar-refractivity contribution is 6.36. The van der Waals surface area contributed by atoms with Crippen LogP contribution in [0.25, 0.3) is 0 Å². The van der Waals surface area contributed by atoms with E-state index in [2.05, 4.69) is 5.32 Å². The molecular weight excluding hydrogens is 291 g/mol. The maximum atomic E-state index is 11.6. The van der Waals surface area contributed by atoms with Gasteiger partial charge in [0, 0.05) is 28.4 Å². The van der Waals surface area contributed by atoms with Crippen LogP contribution in [0.2, 0.25) is 10.0 Å². The van der Waals surface area contributed by atoms with Crippen LogP contribution < -0.4 is 11.1 Å². The average molecular weight is 301 g/mol. The summed E-state index contributed by atoms with van der Waals surface area (Å²) in [6.07, 6.45) is -0.794. The number of fused-ring (bicyclic) bond motifs is 1. The summed E-state index contributed by atoms with van der Waals surface area (Å²) in [5.74, 6) is 0.0214. The Balaban J connectivity index is 2.71. The number of primary amides is 1. The molecule has 3 N–H and O–H groups in total. The van der Waals surface area contributed by atoms with Crippen molar-refractivity contribution in [1.29, 1.82) is 0 Å². The second kappa shape index (κ2) is 5.23. The van der Waals surface area contributed by atoms with Crippen molar-refractivity contribution < 1.29 is 14.3 Å². The number of rotatable bonds is 2. The van der Waals surface area contributed by atoms with Crippen molar-refractivity contribution >= 4 is 40.7 Å². The van der Waals surface area contributed by atoms with Crippen molar-refractivity contribution in [3.05, 3.63) is 33.3 Å². The maximum Gasteiger partial charge on any atom is 0.230 e. The van der Waals surface area contributed by atoms with Crippen molar-refractivity contribution in [2.75, 3.05) is 12.4 Å². The van der Waals surface area contributed by atoms with Gasteiger partial charge in [0.25, 0.3) is 0 Å². The quantitative estimate of drug-likeness (QED) is 0.815. The number of nitrogens with two attached hydrogens (primary N) is 1. The molecule has 100 valence electrons. The Hall–Kier alpha value is -1.52. The van der Waals surface area contributed by atoms with Crippen LogP contribution in [0.4, 0.5) is 5.69 Å². The molecule has 1 aromatic rings. The van der Waals surface area contributed by atoms with Gasteiger partial charge in [0.15, 0.2) is 6.23 Å². The molecular formula is C12H10Cl2N2O3. The Morgan fingerprint density at radius 3 is 2.68 bits per heavy atom. The molecule has 1 aromatic carbocycles. The summed E-state index contributed by atoms with van der Waals surface area (Å²) in [4.78, 5) is 22.7. The third-order valence-electron chi connectivity index (χ3n) is 2.90. The Bertz CT molecular complexity index is 597. The number of benzene rings is 1. The van der Waals surface area contributed by atoms with E-state index in [0.717, 1.165) is 0 Å². The Morgan fingerprint density at radius 2 is 2.16 bits per heavy atom.